The van der Waals surface area contributed by atoms with Crippen LogP contribution in [0.4, 0.5) is 0 Å². The molecule has 7 nitrogen and oxygen atoms in total. The monoisotopic (exact) mass is 435 g/mol. The second kappa shape index (κ2) is 7.62. The molecule has 0 amide bonds. The van der Waals surface area contributed by atoms with E-state index >= 15 is 0 Å². The van der Waals surface area contributed by atoms with Crippen molar-refractivity contribution in [2.75, 3.05) is 6.54 Å². The summed E-state index contributed by atoms with van der Waals surface area (Å²) in [6.45, 7) is 5.25. The Morgan fingerprint density at radius 1 is 1.13 bits per heavy atom. The average molecular weight is 436 g/mol. The number of pyridine rings is 1. The van der Waals surface area contributed by atoms with Crippen molar-refractivity contribution in [2.24, 2.45) is 5.92 Å². The summed E-state index contributed by atoms with van der Waals surface area (Å²) in [6.07, 6.45) is 6.46. The Morgan fingerprint density at radius 3 is 2.68 bits per heavy atom. The minimum Gasteiger partial charge on any atom is -0.346 e. The Morgan fingerprint density at radius 2 is 1.94 bits per heavy atom. The quantitative estimate of drug-likeness (QED) is 0.516. The van der Waals surface area contributed by atoms with Crippen LogP contribution in [0, 0.1) is 12.8 Å². The van der Waals surface area contributed by atoms with Gasteiger partial charge in [0, 0.05) is 37.1 Å². The van der Waals surface area contributed by atoms with E-state index in [-0.39, 0.29) is 12.0 Å². The van der Waals surface area contributed by atoms with E-state index in [1.165, 1.54) is 0 Å². The van der Waals surface area contributed by atoms with Gasteiger partial charge in [-0.25, -0.2) is 13.4 Å². The number of hydrogen-bond acceptors (Lipinski definition) is 4. The standard InChI is InChI=1S/C23H25N5O2S/c1-16-3-5-20(6-4-16)31(29,30)28-15-18(11-17(28)2)14-27-10-9-22-23(27)8-7-21(26-22)19-12-24-25-13-19/h3-10,12-13,17-18H,11,14-15H2,1-2H3,(H,24,25)/t17-,18-/m0/s1. The molecule has 0 radical (unpaired) electrons. The Balaban J connectivity index is 1.35. The van der Waals surface area contributed by atoms with Crippen molar-refractivity contribution in [2.45, 2.75) is 37.8 Å². The van der Waals surface area contributed by atoms with Crippen LogP contribution in [0.3, 0.4) is 0 Å². The van der Waals surface area contributed by atoms with E-state index in [0.717, 1.165) is 40.8 Å². The van der Waals surface area contributed by atoms with Gasteiger partial charge in [0.1, 0.15) is 0 Å². The van der Waals surface area contributed by atoms with Crippen LogP contribution < -0.4 is 0 Å². The molecule has 0 bridgehead atoms. The van der Waals surface area contributed by atoms with E-state index in [1.807, 2.05) is 50.5 Å². The van der Waals surface area contributed by atoms with Gasteiger partial charge in [0.05, 0.1) is 27.8 Å². The van der Waals surface area contributed by atoms with Crippen molar-refractivity contribution in [3.63, 3.8) is 0 Å². The van der Waals surface area contributed by atoms with Gasteiger partial charge in [-0.2, -0.15) is 9.40 Å². The van der Waals surface area contributed by atoms with Crippen molar-refractivity contribution < 1.29 is 8.42 Å². The number of sulfonamides is 1. The Labute approximate surface area is 181 Å². The fraction of sp³-hybridized carbons (Fsp3) is 0.304. The number of nitrogens with zero attached hydrogens (tertiary/aromatic N) is 4. The molecule has 1 aliphatic heterocycles. The van der Waals surface area contributed by atoms with Gasteiger partial charge in [-0.05, 0) is 56.5 Å². The molecule has 31 heavy (non-hydrogen) atoms. The van der Waals surface area contributed by atoms with Gasteiger partial charge in [0.2, 0.25) is 10.0 Å². The lowest BCUT2D eigenvalue weighted by Gasteiger charge is -2.21. The van der Waals surface area contributed by atoms with Gasteiger partial charge >= 0.3 is 0 Å². The van der Waals surface area contributed by atoms with E-state index in [9.17, 15) is 8.42 Å². The van der Waals surface area contributed by atoms with Crippen LogP contribution in [-0.2, 0) is 16.6 Å². The van der Waals surface area contributed by atoms with E-state index in [0.29, 0.717) is 11.4 Å². The molecule has 3 aromatic heterocycles. The number of aromatic amines is 1. The van der Waals surface area contributed by atoms with Crippen molar-refractivity contribution in [1.29, 1.82) is 0 Å². The lowest BCUT2D eigenvalue weighted by atomic mass is 10.1. The van der Waals surface area contributed by atoms with Crippen LogP contribution in [-0.4, -0.2) is 45.1 Å². The summed E-state index contributed by atoms with van der Waals surface area (Å²) in [5.74, 6) is 0.249. The summed E-state index contributed by atoms with van der Waals surface area (Å²) in [7, 11) is -3.49. The predicted molar refractivity (Wildman–Crippen MR) is 120 cm³/mol. The molecule has 1 aliphatic rings. The maximum absolute atomic E-state index is 13.2. The summed E-state index contributed by atoms with van der Waals surface area (Å²) >= 11 is 0. The molecule has 2 atom stereocenters. The number of hydrogen-bond donors (Lipinski definition) is 1. The molecule has 0 aliphatic carbocycles. The first-order chi connectivity index (χ1) is 14.9. The number of aromatic nitrogens is 4. The Hall–Kier alpha value is -2.97. The van der Waals surface area contributed by atoms with Crippen LogP contribution in [0.25, 0.3) is 22.3 Å². The van der Waals surface area contributed by atoms with Gasteiger partial charge in [0.25, 0.3) is 0 Å². The molecular formula is C23H25N5O2S. The normalized spacial score (nSPS) is 19.9. The molecule has 5 rings (SSSR count). The maximum Gasteiger partial charge on any atom is 0.243 e. The molecular weight excluding hydrogens is 410 g/mol. The van der Waals surface area contributed by atoms with Crippen molar-refractivity contribution in [3.8, 4) is 11.3 Å². The largest absolute Gasteiger partial charge is 0.346 e. The number of nitrogens with one attached hydrogen (secondary N) is 1. The molecule has 1 N–H and O–H groups in total. The molecule has 1 fully saturated rings. The summed E-state index contributed by atoms with van der Waals surface area (Å²) in [4.78, 5) is 5.11. The van der Waals surface area contributed by atoms with Crippen LogP contribution >= 0.6 is 0 Å². The zero-order valence-corrected chi connectivity index (χ0v) is 18.4. The molecule has 1 saturated heterocycles. The smallest absolute Gasteiger partial charge is 0.243 e. The van der Waals surface area contributed by atoms with Crippen LogP contribution in [0.2, 0.25) is 0 Å². The first kappa shape index (κ1) is 20.0. The second-order valence-electron chi connectivity index (χ2n) is 8.39. The van der Waals surface area contributed by atoms with Crippen LogP contribution in [0.1, 0.15) is 18.9 Å². The van der Waals surface area contributed by atoms with Gasteiger partial charge in [0.15, 0.2) is 0 Å². The van der Waals surface area contributed by atoms with Crippen LogP contribution in [0.5, 0.6) is 0 Å². The molecule has 160 valence electrons. The van der Waals surface area contributed by atoms with Gasteiger partial charge in [-0.3, -0.25) is 5.10 Å². The summed E-state index contributed by atoms with van der Waals surface area (Å²) in [5, 5.41) is 6.80. The third kappa shape index (κ3) is 3.66. The summed E-state index contributed by atoms with van der Waals surface area (Å²) in [5.41, 5.74) is 4.86. The van der Waals surface area contributed by atoms with Gasteiger partial charge in [-0.1, -0.05) is 17.7 Å². The van der Waals surface area contributed by atoms with Crippen molar-refractivity contribution in [3.05, 3.63) is 66.6 Å². The molecule has 0 spiro atoms. The Kier molecular flexibility index (Phi) is 4.91. The van der Waals surface area contributed by atoms with E-state index in [2.05, 4.69) is 20.8 Å². The lowest BCUT2D eigenvalue weighted by molar-refractivity contribution is 0.399. The Bertz CT molecular complexity index is 1310. The molecule has 1 aromatic carbocycles. The first-order valence-corrected chi connectivity index (χ1v) is 11.9. The number of benzene rings is 1. The van der Waals surface area contributed by atoms with Crippen molar-refractivity contribution in [1.82, 2.24) is 24.1 Å². The second-order valence-corrected chi connectivity index (χ2v) is 10.3. The minimum atomic E-state index is -3.49. The molecule has 4 aromatic rings. The van der Waals surface area contributed by atoms with E-state index < -0.39 is 10.0 Å². The number of fused-ring (bicyclic) bond motifs is 1. The molecule has 4 heterocycles. The first-order valence-electron chi connectivity index (χ1n) is 10.5. The SMILES string of the molecule is Cc1ccc(S(=O)(=O)N2C[C@H](Cn3ccc4nc(-c5cn[nH]c5)ccc43)C[C@@H]2C)cc1. The van der Waals surface area contributed by atoms with E-state index in [4.69, 9.17) is 4.98 Å². The zero-order chi connectivity index (χ0) is 21.6. The highest BCUT2D eigenvalue weighted by Gasteiger charge is 2.37. The van der Waals surface area contributed by atoms with Gasteiger partial charge < -0.3 is 4.57 Å². The van der Waals surface area contributed by atoms with Crippen molar-refractivity contribution >= 4 is 21.1 Å². The predicted octanol–water partition coefficient (Wildman–Crippen LogP) is 3.83. The fourth-order valence-electron chi connectivity index (χ4n) is 4.48. The highest BCUT2D eigenvalue weighted by Crippen LogP contribution is 2.31. The highest BCUT2D eigenvalue weighted by molar-refractivity contribution is 7.89. The zero-order valence-electron chi connectivity index (χ0n) is 17.6. The molecule has 0 saturated carbocycles. The number of aryl methyl sites for hydroxylation is 1. The average Bonchev–Trinajstić information content (AvgIpc) is 3.49. The summed E-state index contributed by atoms with van der Waals surface area (Å²) < 4.78 is 30.2. The number of H-pyrrole nitrogens is 1. The van der Waals surface area contributed by atoms with Gasteiger partial charge in [-0.15, -0.1) is 0 Å². The molecule has 8 heteroatoms. The van der Waals surface area contributed by atoms with Crippen LogP contribution in [0.15, 0.2) is 66.0 Å². The third-order valence-electron chi connectivity index (χ3n) is 6.10. The maximum atomic E-state index is 13.2. The minimum absolute atomic E-state index is 0.0241. The third-order valence-corrected chi connectivity index (χ3v) is 8.10. The molecule has 0 unspecified atom stereocenters. The highest BCUT2D eigenvalue weighted by atomic mass is 32.2. The van der Waals surface area contributed by atoms with E-state index in [1.54, 1.807) is 22.6 Å². The number of rotatable bonds is 5. The fourth-order valence-corrected chi connectivity index (χ4v) is 6.20. The summed E-state index contributed by atoms with van der Waals surface area (Å²) in [6, 6.07) is 13.2. The topological polar surface area (TPSA) is 83.9 Å². The lowest BCUT2D eigenvalue weighted by Crippen LogP contribution is -2.34.